The van der Waals surface area contributed by atoms with Crippen molar-refractivity contribution in [2.75, 3.05) is 5.73 Å². The highest BCUT2D eigenvalue weighted by atomic mass is 19.1. The molecule has 72 valence electrons. The van der Waals surface area contributed by atoms with Crippen molar-refractivity contribution in [3.8, 4) is 11.3 Å². The highest BCUT2D eigenvalue weighted by Crippen LogP contribution is 2.20. The van der Waals surface area contributed by atoms with E-state index in [0.29, 0.717) is 11.4 Å². The van der Waals surface area contributed by atoms with Crippen molar-refractivity contribution < 1.29 is 4.39 Å². The smallest absolute Gasteiger partial charge is 0.145 e. The Balaban J connectivity index is 2.47. The Morgan fingerprint density at radius 2 is 2.14 bits per heavy atom. The zero-order valence-corrected chi connectivity index (χ0v) is 7.71. The van der Waals surface area contributed by atoms with Gasteiger partial charge in [0, 0.05) is 11.6 Å². The maximum absolute atomic E-state index is 13.0. The lowest BCUT2D eigenvalue weighted by Crippen LogP contribution is -1.84. The van der Waals surface area contributed by atoms with E-state index in [-0.39, 0.29) is 5.82 Å². The van der Waals surface area contributed by atoms with Gasteiger partial charge >= 0.3 is 0 Å². The first-order valence-corrected chi connectivity index (χ1v) is 4.24. The van der Waals surface area contributed by atoms with E-state index in [1.165, 1.54) is 6.07 Å². The van der Waals surface area contributed by atoms with Crippen molar-refractivity contribution in [3.63, 3.8) is 0 Å². The van der Waals surface area contributed by atoms with Crippen molar-refractivity contribution in [1.29, 1.82) is 0 Å². The van der Waals surface area contributed by atoms with Crippen molar-refractivity contribution in [2.45, 2.75) is 6.92 Å². The van der Waals surface area contributed by atoms with Crippen LogP contribution < -0.4 is 5.73 Å². The van der Waals surface area contributed by atoms with Gasteiger partial charge in [-0.05, 0) is 30.7 Å². The third kappa shape index (κ3) is 1.46. The van der Waals surface area contributed by atoms with E-state index in [4.69, 9.17) is 5.73 Å². The number of rotatable bonds is 1. The van der Waals surface area contributed by atoms with E-state index >= 15 is 0 Å². The number of aryl methyl sites for hydroxylation is 1. The van der Waals surface area contributed by atoms with Crippen LogP contribution in [0, 0.1) is 12.7 Å². The normalized spacial score (nSPS) is 10.4. The minimum Gasteiger partial charge on any atom is -0.382 e. The molecule has 0 radical (unpaired) electrons. The Morgan fingerprint density at radius 3 is 2.71 bits per heavy atom. The maximum Gasteiger partial charge on any atom is 0.145 e. The van der Waals surface area contributed by atoms with Crippen LogP contribution in [-0.2, 0) is 0 Å². The predicted molar refractivity (Wildman–Crippen MR) is 53.1 cm³/mol. The molecule has 14 heavy (non-hydrogen) atoms. The van der Waals surface area contributed by atoms with Crippen molar-refractivity contribution >= 4 is 5.82 Å². The number of H-pyrrole nitrogens is 1. The zero-order chi connectivity index (χ0) is 10.1. The first-order valence-electron chi connectivity index (χ1n) is 4.24. The molecule has 0 spiro atoms. The molecule has 4 heteroatoms. The van der Waals surface area contributed by atoms with Crippen LogP contribution in [0.3, 0.4) is 0 Å². The lowest BCUT2D eigenvalue weighted by atomic mass is 10.1. The summed E-state index contributed by atoms with van der Waals surface area (Å²) in [6.07, 6.45) is 0. The molecule has 0 bridgehead atoms. The summed E-state index contributed by atoms with van der Waals surface area (Å²) in [7, 11) is 0. The molecule has 0 amide bonds. The van der Waals surface area contributed by atoms with Gasteiger partial charge in [-0.2, -0.15) is 5.10 Å². The quantitative estimate of drug-likeness (QED) is 0.725. The third-order valence-electron chi connectivity index (χ3n) is 2.07. The molecule has 1 aromatic heterocycles. The third-order valence-corrected chi connectivity index (χ3v) is 2.07. The molecule has 2 aromatic rings. The molecule has 3 N–H and O–H groups in total. The SMILES string of the molecule is Cc1cc(-c2cc(N)n[nH]2)ccc1F. The number of nitrogen functional groups attached to an aromatic ring is 1. The van der Waals surface area contributed by atoms with Crippen LogP contribution in [0.1, 0.15) is 5.56 Å². The molecule has 1 heterocycles. The van der Waals surface area contributed by atoms with Gasteiger partial charge in [-0.15, -0.1) is 0 Å². The molecule has 0 aliphatic carbocycles. The Bertz CT molecular complexity index is 462. The number of nitrogens with one attached hydrogen (secondary N) is 1. The summed E-state index contributed by atoms with van der Waals surface area (Å²) in [6.45, 7) is 1.72. The summed E-state index contributed by atoms with van der Waals surface area (Å²) >= 11 is 0. The van der Waals surface area contributed by atoms with E-state index in [1.54, 1.807) is 25.1 Å². The number of nitrogens with zero attached hydrogens (tertiary/aromatic N) is 1. The number of hydrogen-bond acceptors (Lipinski definition) is 2. The lowest BCUT2D eigenvalue weighted by molar-refractivity contribution is 0.619. The number of hydrogen-bond donors (Lipinski definition) is 2. The maximum atomic E-state index is 13.0. The highest BCUT2D eigenvalue weighted by Gasteiger charge is 2.03. The van der Waals surface area contributed by atoms with Crippen molar-refractivity contribution in [3.05, 3.63) is 35.6 Å². The minimum absolute atomic E-state index is 0.207. The van der Waals surface area contributed by atoms with E-state index in [9.17, 15) is 4.39 Å². The average Bonchev–Trinajstić information content (AvgIpc) is 2.57. The van der Waals surface area contributed by atoms with Gasteiger partial charge < -0.3 is 5.73 Å². The van der Waals surface area contributed by atoms with E-state index < -0.39 is 0 Å². The lowest BCUT2D eigenvalue weighted by Gasteiger charge is -1.99. The van der Waals surface area contributed by atoms with Crippen LogP contribution in [0.4, 0.5) is 10.2 Å². The fraction of sp³-hybridized carbons (Fsp3) is 0.100. The zero-order valence-electron chi connectivity index (χ0n) is 7.71. The Morgan fingerprint density at radius 1 is 1.36 bits per heavy atom. The van der Waals surface area contributed by atoms with Crippen LogP contribution in [0.2, 0.25) is 0 Å². The molecule has 0 saturated heterocycles. The molecule has 0 unspecified atom stereocenters. The highest BCUT2D eigenvalue weighted by molar-refractivity contribution is 5.62. The standard InChI is InChI=1S/C10H10FN3/c1-6-4-7(2-3-8(6)11)9-5-10(12)14-13-9/h2-5H,1H3,(H3,12,13,14). The van der Waals surface area contributed by atoms with Crippen LogP contribution in [0.25, 0.3) is 11.3 Å². The Labute approximate surface area is 80.8 Å². The summed E-state index contributed by atoms with van der Waals surface area (Å²) in [5.41, 5.74) is 7.75. The summed E-state index contributed by atoms with van der Waals surface area (Å²) in [6, 6.07) is 6.59. The average molecular weight is 191 g/mol. The summed E-state index contributed by atoms with van der Waals surface area (Å²) in [4.78, 5) is 0. The monoisotopic (exact) mass is 191 g/mol. The number of benzene rings is 1. The largest absolute Gasteiger partial charge is 0.382 e. The topological polar surface area (TPSA) is 54.7 Å². The van der Waals surface area contributed by atoms with Gasteiger partial charge in [0.05, 0.1) is 5.69 Å². The fourth-order valence-electron chi connectivity index (χ4n) is 1.30. The summed E-state index contributed by atoms with van der Waals surface area (Å²) in [5.74, 6) is 0.225. The molecule has 1 aromatic carbocycles. The number of aromatic amines is 1. The molecule has 3 nitrogen and oxygen atoms in total. The number of aromatic nitrogens is 2. The number of nitrogens with two attached hydrogens (primary N) is 1. The Hall–Kier alpha value is -1.84. The molecule has 0 fully saturated rings. The van der Waals surface area contributed by atoms with Gasteiger partial charge in [0.25, 0.3) is 0 Å². The second-order valence-electron chi connectivity index (χ2n) is 3.17. The number of halogens is 1. The fourth-order valence-corrected chi connectivity index (χ4v) is 1.30. The van der Waals surface area contributed by atoms with Gasteiger partial charge in [-0.25, -0.2) is 4.39 Å². The predicted octanol–water partition coefficient (Wildman–Crippen LogP) is 2.11. The van der Waals surface area contributed by atoms with Gasteiger partial charge in [-0.1, -0.05) is 0 Å². The molecule has 0 atom stereocenters. The molecular formula is C10H10FN3. The van der Waals surface area contributed by atoms with Crippen LogP contribution in [0.5, 0.6) is 0 Å². The minimum atomic E-state index is -0.207. The Kier molecular flexibility index (Phi) is 1.96. The first-order chi connectivity index (χ1) is 6.66. The van der Waals surface area contributed by atoms with E-state index in [0.717, 1.165) is 11.3 Å². The number of anilines is 1. The van der Waals surface area contributed by atoms with Crippen LogP contribution >= 0.6 is 0 Å². The first kappa shape index (κ1) is 8.74. The van der Waals surface area contributed by atoms with Crippen molar-refractivity contribution in [2.24, 2.45) is 0 Å². The summed E-state index contributed by atoms with van der Waals surface area (Å²) in [5, 5.41) is 6.58. The van der Waals surface area contributed by atoms with Gasteiger partial charge in [0.1, 0.15) is 11.6 Å². The molecule has 2 rings (SSSR count). The summed E-state index contributed by atoms with van der Waals surface area (Å²) < 4.78 is 13.0. The van der Waals surface area contributed by atoms with Crippen molar-refractivity contribution in [1.82, 2.24) is 10.2 Å². The van der Waals surface area contributed by atoms with Crippen LogP contribution in [-0.4, -0.2) is 10.2 Å². The van der Waals surface area contributed by atoms with Crippen LogP contribution in [0.15, 0.2) is 24.3 Å². The molecule has 0 aliphatic rings. The molecule has 0 aliphatic heterocycles. The van der Waals surface area contributed by atoms with Gasteiger partial charge in [0.2, 0.25) is 0 Å². The molecule has 0 saturated carbocycles. The second kappa shape index (κ2) is 3.14. The van der Waals surface area contributed by atoms with Gasteiger partial charge in [0.15, 0.2) is 0 Å². The van der Waals surface area contributed by atoms with E-state index in [2.05, 4.69) is 10.2 Å². The second-order valence-corrected chi connectivity index (χ2v) is 3.17. The molecular weight excluding hydrogens is 181 g/mol. The van der Waals surface area contributed by atoms with Gasteiger partial charge in [-0.3, -0.25) is 5.10 Å². The van der Waals surface area contributed by atoms with E-state index in [1.807, 2.05) is 0 Å².